The van der Waals surface area contributed by atoms with Gasteiger partial charge < -0.3 is 15.7 Å². The standard InChI is InChI=1S/C6H6N4O.CH4S/c7-4-1-3-5(6(11)10-4)9-2-8-3;1-2/h1-2H,(H,8,9)(H3,7,10,11);2H,1H3. The van der Waals surface area contributed by atoms with E-state index in [0.717, 1.165) is 0 Å². The van der Waals surface area contributed by atoms with E-state index in [-0.39, 0.29) is 5.56 Å². The first-order valence-electron chi connectivity index (χ1n) is 3.54. The molecule has 13 heavy (non-hydrogen) atoms. The molecular weight excluding hydrogens is 188 g/mol. The van der Waals surface area contributed by atoms with Crippen LogP contribution in [0.4, 0.5) is 5.82 Å². The zero-order valence-electron chi connectivity index (χ0n) is 7.03. The van der Waals surface area contributed by atoms with Gasteiger partial charge in [0.15, 0.2) is 5.52 Å². The molecule has 2 aromatic rings. The topological polar surface area (TPSA) is 87.6 Å². The number of fused-ring (bicyclic) bond motifs is 1. The lowest BCUT2D eigenvalue weighted by molar-refractivity contribution is 1.26. The fourth-order valence-electron chi connectivity index (χ4n) is 0.977. The van der Waals surface area contributed by atoms with Crippen molar-refractivity contribution in [2.45, 2.75) is 0 Å². The number of hydrogen-bond donors (Lipinski definition) is 4. The van der Waals surface area contributed by atoms with Crippen LogP contribution in [0.5, 0.6) is 0 Å². The smallest absolute Gasteiger partial charge is 0.277 e. The van der Waals surface area contributed by atoms with Crippen LogP contribution in [-0.4, -0.2) is 21.2 Å². The van der Waals surface area contributed by atoms with Gasteiger partial charge in [-0.05, 0) is 6.26 Å². The molecule has 2 rings (SSSR count). The molecule has 0 saturated carbocycles. The van der Waals surface area contributed by atoms with E-state index in [1.54, 1.807) is 12.3 Å². The second kappa shape index (κ2) is 3.99. The van der Waals surface area contributed by atoms with Crippen LogP contribution in [0.2, 0.25) is 0 Å². The largest absolute Gasteiger partial charge is 0.385 e. The Hall–Kier alpha value is -1.43. The average Bonchev–Trinajstić information content (AvgIpc) is 2.55. The number of pyridine rings is 1. The van der Waals surface area contributed by atoms with Crippen LogP contribution in [0.25, 0.3) is 11.0 Å². The fourth-order valence-corrected chi connectivity index (χ4v) is 0.977. The van der Waals surface area contributed by atoms with Gasteiger partial charge in [-0.2, -0.15) is 12.6 Å². The summed E-state index contributed by atoms with van der Waals surface area (Å²) in [5.41, 5.74) is 6.16. The first-order chi connectivity index (χ1) is 6.27. The van der Waals surface area contributed by atoms with Gasteiger partial charge in [0, 0.05) is 6.07 Å². The normalized spacial score (nSPS) is 9.38. The highest BCUT2D eigenvalue weighted by Crippen LogP contribution is 2.04. The van der Waals surface area contributed by atoms with Crippen molar-refractivity contribution in [2.75, 3.05) is 12.0 Å². The van der Waals surface area contributed by atoms with Gasteiger partial charge in [-0.1, -0.05) is 0 Å². The third-order valence-electron chi connectivity index (χ3n) is 1.44. The number of hydrogen-bond acceptors (Lipinski definition) is 4. The number of nitrogens with two attached hydrogens (primary N) is 1. The summed E-state index contributed by atoms with van der Waals surface area (Å²) < 4.78 is 0. The number of nitrogen functional groups attached to an aromatic ring is 1. The minimum Gasteiger partial charge on any atom is -0.385 e. The molecule has 0 aliphatic heterocycles. The van der Waals surface area contributed by atoms with Crippen molar-refractivity contribution in [1.29, 1.82) is 0 Å². The second-order valence-corrected chi connectivity index (χ2v) is 2.22. The molecule has 0 aliphatic rings. The van der Waals surface area contributed by atoms with Gasteiger partial charge in [0.25, 0.3) is 5.56 Å². The molecule has 0 bridgehead atoms. The second-order valence-electron chi connectivity index (χ2n) is 2.22. The maximum atomic E-state index is 11.0. The van der Waals surface area contributed by atoms with Crippen molar-refractivity contribution in [3.8, 4) is 0 Å². The zero-order chi connectivity index (χ0) is 9.84. The molecule has 4 N–H and O–H groups in total. The molecule has 0 saturated heterocycles. The number of imidazole rings is 1. The molecule has 5 nitrogen and oxygen atoms in total. The summed E-state index contributed by atoms with van der Waals surface area (Å²) in [5, 5.41) is 0. The molecule has 0 unspecified atom stereocenters. The zero-order valence-corrected chi connectivity index (χ0v) is 7.93. The van der Waals surface area contributed by atoms with Crippen molar-refractivity contribution < 1.29 is 0 Å². The molecular formula is C7H10N4OS. The fraction of sp³-hybridized carbons (Fsp3) is 0.143. The van der Waals surface area contributed by atoms with Crippen molar-refractivity contribution in [3.05, 3.63) is 22.7 Å². The van der Waals surface area contributed by atoms with Gasteiger partial charge in [0.05, 0.1) is 11.8 Å². The molecule has 6 heteroatoms. The highest BCUT2D eigenvalue weighted by atomic mass is 32.1. The van der Waals surface area contributed by atoms with Crippen LogP contribution in [-0.2, 0) is 0 Å². The summed E-state index contributed by atoms with van der Waals surface area (Å²) in [5.74, 6) is 0.340. The van der Waals surface area contributed by atoms with E-state index in [1.807, 2.05) is 0 Å². The molecule has 70 valence electrons. The molecule has 0 spiro atoms. The number of anilines is 1. The van der Waals surface area contributed by atoms with Gasteiger partial charge in [0.2, 0.25) is 0 Å². The van der Waals surface area contributed by atoms with Gasteiger partial charge in [0.1, 0.15) is 5.82 Å². The van der Waals surface area contributed by atoms with E-state index < -0.39 is 0 Å². The van der Waals surface area contributed by atoms with Crippen molar-refractivity contribution in [2.24, 2.45) is 0 Å². The van der Waals surface area contributed by atoms with E-state index in [4.69, 9.17) is 5.73 Å². The highest BCUT2D eigenvalue weighted by Gasteiger charge is 2.00. The molecule has 0 aliphatic carbocycles. The predicted molar refractivity (Wildman–Crippen MR) is 56.0 cm³/mol. The van der Waals surface area contributed by atoms with Crippen LogP contribution in [0.15, 0.2) is 17.2 Å². The first kappa shape index (κ1) is 9.66. The molecule has 0 fully saturated rings. The van der Waals surface area contributed by atoms with Gasteiger partial charge in [-0.3, -0.25) is 4.79 Å². The SMILES string of the molecule is CS.Nc1cc2[nH]cnc2c(=O)[nH]1. The maximum Gasteiger partial charge on any atom is 0.277 e. The van der Waals surface area contributed by atoms with E-state index >= 15 is 0 Å². The van der Waals surface area contributed by atoms with Crippen molar-refractivity contribution in [3.63, 3.8) is 0 Å². The van der Waals surface area contributed by atoms with Gasteiger partial charge in [-0.15, -0.1) is 0 Å². The average molecular weight is 198 g/mol. The van der Waals surface area contributed by atoms with Crippen LogP contribution in [0, 0.1) is 0 Å². The Morgan fingerprint density at radius 3 is 2.92 bits per heavy atom. The Morgan fingerprint density at radius 1 is 1.54 bits per heavy atom. The Kier molecular flexibility index (Phi) is 2.97. The molecule has 0 aromatic carbocycles. The first-order valence-corrected chi connectivity index (χ1v) is 4.43. The third kappa shape index (κ3) is 1.83. The van der Waals surface area contributed by atoms with Crippen molar-refractivity contribution >= 4 is 29.5 Å². The third-order valence-corrected chi connectivity index (χ3v) is 1.44. The Morgan fingerprint density at radius 2 is 2.23 bits per heavy atom. The maximum absolute atomic E-state index is 11.0. The summed E-state index contributed by atoms with van der Waals surface area (Å²) in [7, 11) is 0. The number of H-pyrrole nitrogens is 2. The minimum atomic E-state index is -0.263. The highest BCUT2D eigenvalue weighted by molar-refractivity contribution is 7.79. The monoisotopic (exact) mass is 198 g/mol. The Labute approximate surface area is 79.8 Å². The summed E-state index contributed by atoms with van der Waals surface area (Å²) in [6, 6.07) is 1.63. The number of thiol groups is 1. The van der Waals surface area contributed by atoms with E-state index in [0.29, 0.717) is 16.9 Å². The number of nitrogens with zero attached hydrogens (tertiary/aromatic N) is 1. The summed E-state index contributed by atoms with van der Waals surface area (Å²) in [4.78, 5) is 20.1. The molecule has 0 radical (unpaired) electrons. The van der Waals surface area contributed by atoms with Crippen LogP contribution < -0.4 is 11.3 Å². The van der Waals surface area contributed by atoms with Gasteiger partial charge in [-0.25, -0.2) is 4.98 Å². The Bertz CT molecular complexity index is 447. The Balaban J connectivity index is 0.000000396. The summed E-state index contributed by atoms with van der Waals surface area (Å²) >= 11 is 3.53. The van der Waals surface area contributed by atoms with Crippen molar-refractivity contribution in [1.82, 2.24) is 15.0 Å². The van der Waals surface area contributed by atoms with Crippen LogP contribution in [0.1, 0.15) is 0 Å². The molecule has 2 heterocycles. The number of rotatable bonds is 0. The summed E-state index contributed by atoms with van der Waals surface area (Å²) in [6.45, 7) is 0. The van der Waals surface area contributed by atoms with E-state index in [1.165, 1.54) is 6.33 Å². The predicted octanol–water partition coefficient (Wildman–Crippen LogP) is 0.379. The van der Waals surface area contributed by atoms with Crippen LogP contribution >= 0.6 is 12.6 Å². The molecule has 2 aromatic heterocycles. The van der Waals surface area contributed by atoms with E-state index in [9.17, 15) is 4.79 Å². The number of aromatic nitrogens is 3. The lowest BCUT2D eigenvalue weighted by Crippen LogP contribution is -2.08. The van der Waals surface area contributed by atoms with E-state index in [2.05, 4.69) is 27.6 Å². The van der Waals surface area contributed by atoms with Crippen LogP contribution in [0.3, 0.4) is 0 Å². The lowest BCUT2D eigenvalue weighted by Gasteiger charge is -1.90. The lowest BCUT2D eigenvalue weighted by atomic mass is 10.4. The minimum absolute atomic E-state index is 0.263. The quantitative estimate of drug-likeness (QED) is 0.461. The number of aromatic amines is 2. The molecule has 0 amide bonds. The summed E-state index contributed by atoms with van der Waals surface area (Å²) in [6.07, 6.45) is 3.15. The number of nitrogens with one attached hydrogen (secondary N) is 2. The van der Waals surface area contributed by atoms with Gasteiger partial charge >= 0.3 is 0 Å². The molecule has 0 atom stereocenters.